The van der Waals surface area contributed by atoms with E-state index in [-0.39, 0.29) is 12.1 Å². The number of likely N-dealkylation sites (tertiary alicyclic amines) is 1. The van der Waals surface area contributed by atoms with Crippen molar-refractivity contribution < 1.29 is 4.79 Å². The van der Waals surface area contributed by atoms with Crippen molar-refractivity contribution in [1.29, 1.82) is 0 Å². The van der Waals surface area contributed by atoms with E-state index in [1.807, 2.05) is 6.07 Å². The highest BCUT2D eigenvalue weighted by Gasteiger charge is 2.33. The number of urea groups is 1. The maximum Gasteiger partial charge on any atom is 0.319 e. The van der Waals surface area contributed by atoms with Crippen LogP contribution in [0.5, 0.6) is 0 Å². The number of H-pyrrole nitrogens is 1. The zero-order valence-corrected chi connectivity index (χ0v) is 17.1. The van der Waals surface area contributed by atoms with Crippen molar-refractivity contribution in [2.75, 3.05) is 24.5 Å². The number of nitrogens with two attached hydrogens (primary N) is 1. The summed E-state index contributed by atoms with van der Waals surface area (Å²) in [6.07, 6.45) is 12.1. The van der Waals surface area contributed by atoms with E-state index in [0.29, 0.717) is 5.92 Å². The average Bonchev–Trinajstić information content (AvgIpc) is 3.43. The number of benzene rings is 1. The van der Waals surface area contributed by atoms with E-state index in [0.717, 1.165) is 24.0 Å². The number of hydrogen-bond acceptors (Lipinski definition) is 2. The first-order valence-electron chi connectivity index (χ1n) is 11.1. The van der Waals surface area contributed by atoms with Gasteiger partial charge in [-0.1, -0.05) is 26.2 Å². The molecule has 1 aliphatic heterocycles. The predicted molar refractivity (Wildman–Crippen MR) is 116 cm³/mol. The maximum atomic E-state index is 11.9. The number of nitrogens with zero attached hydrogens (tertiary/aromatic N) is 2. The molecule has 0 unspecified atom stereocenters. The van der Waals surface area contributed by atoms with Crippen LogP contribution in [0.2, 0.25) is 0 Å². The molecule has 1 aliphatic carbocycles. The fourth-order valence-electron chi connectivity index (χ4n) is 4.70. The van der Waals surface area contributed by atoms with E-state index in [1.54, 1.807) is 4.90 Å². The molecular formula is C23H34N4O. The highest BCUT2D eigenvalue weighted by atomic mass is 16.2. The van der Waals surface area contributed by atoms with Crippen LogP contribution in [0.1, 0.15) is 69.8 Å². The SMILES string of the molecule is CCCCCCN1CCC(c2c[nH]c3ccc(N(C(N)=O)C4CC4)cc23)CC1. The number of amides is 2. The van der Waals surface area contributed by atoms with Gasteiger partial charge in [-0.05, 0) is 81.4 Å². The first kappa shape index (κ1) is 19.3. The summed E-state index contributed by atoms with van der Waals surface area (Å²) in [7, 11) is 0. The van der Waals surface area contributed by atoms with Crippen LogP contribution in [0.25, 0.3) is 10.9 Å². The molecule has 1 aromatic carbocycles. The van der Waals surface area contributed by atoms with E-state index in [2.05, 4.69) is 35.1 Å². The average molecular weight is 383 g/mol. The number of aromatic amines is 1. The Balaban J connectivity index is 1.44. The Kier molecular flexibility index (Phi) is 5.90. The lowest BCUT2D eigenvalue weighted by molar-refractivity contribution is 0.209. The number of nitrogens with one attached hydrogen (secondary N) is 1. The van der Waals surface area contributed by atoms with Gasteiger partial charge in [0.1, 0.15) is 0 Å². The second-order valence-electron chi connectivity index (χ2n) is 8.59. The lowest BCUT2D eigenvalue weighted by Gasteiger charge is -2.32. The van der Waals surface area contributed by atoms with Crippen LogP contribution in [0.4, 0.5) is 10.5 Å². The molecule has 2 heterocycles. The van der Waals surface area contributed by atoms with Gasteiger partial charge in [0.25, 0.3) is 0 Å². The molecule has 0 spiro atoms. The summed E-state index contributed by atoms with van der Waals surface area (Å²) in [5, 5.41) is 1.26. The van der Waals surface area contributed by atoms with Gasteiger partial charge in [-0.3, -0.25) is 4.90 Å². The van der Waals surface area contributed by atoms with Crippen LogP contribution in [0.3, 0.4) is 0 Å². The van der Waals surface area contributed by atoms with E-state index < -0.39 is 0 Å². The predicted octanol–water partition coefficient (Wildman–Crippen LogP) is 4.98. The molecule has 3 N–H and O–H groups in total. The summed E-state index contributed by atoms with van der Waals surface area (Å²) in [6, 6.07) is 6.23. The Hall–Kier alpha value is -2.01. The van der Waals surface area contributed by atoms with Crippen LogP contribution in [-0.4, -0.2) is 41.6 Å². The summed E-state index contributed by atoms with van der Waals surface area (Å²) >= 11 is 0. The molecule has 0 bridgehead atoms. The van der Waals surface area contributed by atoms with Gasteiger partial charge in [-0.2, -0.15) is 0 Å². The van der Waals surface area contributed by atoms with Gasteiger partial charge in [0.15, 0.2) is 0 Å². The van der Waals surface area contributed by atoms with Crippen molar-refractivity contribution in [3.05, 3.63) is 30.0 Å². The second kappa shape index (κ2) is 8.56. The monoisotopic (exact) mass is 382 g/mol. The molecule has 0 atom stereocenters. The Morgan fingerprint density at radius 3 is 2.64 bits per heavy atom. The maximum absolute atomic E-state index is 11.9. The van der Waals surface area contributed by atoms with Crippen LogP contribution in [-0.2, 0) is 0 Å². The van der Waals surface area contributed by atoms with Crippen molar-refractivity contribution in [3.63, 3.8) is 0 Å². The number of rotatable bonds is 8. The molecular weight excluding hydrogens is 348 g/mol. The number of carbonyl (C=O) groups is 1. The van der Waals surface area contributed by atoms with Crippen LogP contribution in [0, 0.1) is 0 Å². The normalized spacial score (nSPS) is 18.6. The smallest absolute Gasteiger partial charge is 0.319 e. The van der Waals surface area contributed by atoms with Crippen molar-refractivity contribution in [2.45, 2.75) is 70.3 Å². The minimum Gasteiger partial charge on any atom is -0.361 e. The number of primary amides is 1. The van der Waals surface area contributed by atoms with Crippen LogP contribution < -0.4 is 10.6 Å². The number of aromatic nitrogens is 1. The number of unbranched alkanes of at least 4 members (excludes halogenated alkanes) is 3. The molecule has 1 saturated heterocycles. The summed E-state index contributed by atoms with van der Waals surface area (Å²) in [5.74, 6) is 0.596. The molecule has 1 saturated carbocycles. The third kappa shape index (κ3) is 4.19. The number of anilines is 1. The standard InChI is InChI=1S/C23H34N4O/c1-2-3-4-5-12-26-13-10-17(11-14-26)21-16-25-22-9-8-19(15-20(21)22)27(23(24)28)18-6-7-18/h8-9,15-18,25H,2-7,10-14H2,1H3,(H2,24,28). The molecule has 2 fully saturated rings. The summed E-state index contributed by atoms with van der Waals surface area (Å²) in [4.78, 5) is 19.8. The molecule has 2 aliphatic rings. The number of fused-ring (bicyclic) bond motifs is 1. The van der Waals surface area contributed by atoms with Crippen molar-refractivity contribution in [3.8, 4) is 0 Å². The molecule has 28 heavy (non-hydrogen) atoms. The minimum atomic E-state index is -0.338. The van der Waals surface area contributed by atoms with Gasteiger partial charge < -0.3 is 15.6 Å². The zero-order valence-electron chi connectivity index (χ0n) is 17.1. The molecule has 1 aromatic heterocycles. The molecule has 4 rings (SSSR count). The van der Waals surface area contributed by atoms with Gasteiger partial charge in [-0.15, -0.1) is 0 Å². The van der Waals surface area contributed by atoms with E-state index in [4.69, 9.17) is 5.73 Å². The molecule has 0 radical (unpaired) electrons. The lowest BCUT2D eigenvalue weighted by Crippen LogP contribution is -2.37. The van der Waals surface area contributed by atoms with Crippen molar-refractivity contribution in [2.24, 2.45) is 5.73 Å². The lowest BCUT2D eigenvalue weighted by atomic mass is 9.89. The molecule has 5 nitrogen and oxygen atoms in total. The van der Waals surface area contributed by atoms with Gasteiger partial charge in [0, 0.05) is 28.8 Å². The first-order valence-corrected chi connectivity index (χ1v) is 11.1. The van der Waals surface area contributed by atoms with Gasteiger partial charge in [0.2, 0.25) is 0 Å². The number of hydrogen-bond donors (Lipinski definition) is 2. The molecule has 2 aromatic rings. The van der Waals surface area contributed by atoms with E-state index in [1.165, 1.54) is 69.1 Å². The Morgan fingerprint density at radius 2 is 1.96 bits per heavy atom. The highest BCUT2D eigenvalue weighted by Crippen LogP contribution is 2.37. The Labute approximate surface area is 168 Å². The number of piperidine rings is 1. The van der Waals surface area contributed by atoms with Crippen LogP contribution >= 0.6 is 0 Å². The minimum absolute atomic E-state index is 0.285. The Bertz CT molecular complexity index is 802. The van der Waals surface area contributed by atoms with Crippen molar-refractivity contribution >= 4 is 22.6 Å². The second-order valence-corrected chi connectivity index (χ2v) is 8.59. The van der Waals surface area contributed by atoms with Crippen molar-refractivity contribution in [1.82, 2.24) is 9.88 Å². The molecule has 5 heteroatoms. The number of carbonyl (C=O) groups excluding carboxylic acids is 1. The van der Waals surface area contributed by atoms with E-state index >= 15 is 0 Å². The summed E-state index contributed by atoms with van der Waals surface area (Å²) < 4.78 is 0. The van der Waals surface area contributed by atoms with Crippen LogP contribution in [0.15, 0.2) is 24.4 Å². The molecule has 152 valence electrons. The van der Waals surface area contributed by atoms with Gasteiger partial charge >= 0.3 is 6.03 Å². The highest BCUT2D eigenvalue weighted by molar-refractivity contribution is 5.96. The first-order chi connectivity index (χ1) is 13.7. The topological polar surface area (TPSA) is 65.4 Å². The third-order valence-electron chi connectivity index (χ3n) is 6.48. The zero-order chi connectivity index (χ0) is 19.5. The Morgan fingerprint density at radius 1 is 1.18 bits per heavy atom. The van der Waals surface area contributed by atoms with Gasteiger partial charge in [0.05, 0.1) is 0 Å². The quantitative estimate of drug-likeness (QED) is 0.633. The summed E-state index contributed by atoms with van der Waals surface area (Å²) in [5.41, 5.74) is 9.16. The van der Waals surface area contributed by atoms with Gasteiger partial charge in [-0.25, -0.2) is 4.79 Å². The fraction of sp³-hybridized carbons (Fsp3) is 0.609. The third-order valence-corrected chi connectivity index (χ3v) is 6.48. The van der Waals surface area contributed by atoms with E-state index in [9.17, 15) is 4.79 Å². The largest absolute Gasteiger partial charge is 0.361 e. The fourth-order valence-corrected chi connectivity index (χ4v) is 4.70. The summed E-state index contributed by atoms with van der Waals surface area (Å²) in [6.45, 7) is 5.91. The molecule has 2 amide bonds.